The van der Waals surface area contributed by atoms with E-state index in [-0.39, 0.29) is 12.3 Å². The Labute approximate surface area is 118 Å². The van der Waals surface area contributed by atoms with E-state index in [1.54, 1.807) is 11.9 Å². The van der Waals surface area contributed by atoms with Crippen LogP contribution in [-0.4, -0.2) is 37.1 Å². The summed E-state index contributed by atoms with van der Waals surface area (Å²) in [5.41, 5.74) is 4.08. The molecule has 0 unspecified atom stereocenters. The van der Waals surface area contributed by atoms with E-state index in [2.05, 4.69) is 0 Å². The Morgan fingerprint density at radius 1 is 1.25 bits per heavy atom. The number of benzene rings is 1. The summed E-state index contributed by atoms with van der Waals surface area (Å²) >= 11 is 0. The van der Waals surface area contributed by atoms with Gasteiger partial charge in [-0.05, 0) is 37.1 Å². The van der Waals surface area contributed by atoms with Gasteiger partial charge in [0.2, 0.25) is 5.91 Å². The van der Waals surface area contributed by atoms with Gasteiger partial charge in [0, 0.05) is 26.6 Å². The van der Waals surface area contributed by atoms with E-state index in [4.69, 9.17) is 5.11 Å². The van der Waals surface area contributed by atoms with Crippen LogP contribution in [0.5, 0.6) is 0 Å². The molecule has 0 aromatic heterocycles. The number of carbonyl (C=O) groups is 2. The van der Waals surface area contributed by atoms with E-state index in [0.29, 0.717) is 19.5 Å². The third-order valence-corrected chi connectivity index (χ3v) is 3.86. The SMILES string of the molecule is Cc1cc2c(cc1C)N(C)C(=O)CCN2CCC(=O)O. The molecule has 5 nitrogen and oxygen atoms in total. The first-order chi connectivity index (χ1) is 9.40. The third-order valence-electron chi connectivity index (χ3n) is 3.86. The van der Waals surface area contributed by atoms with Crippen LogP contribution in [0.2, 0.25) is 0 Å². The van der Waals surface area contributed by atoms with Crippen LogP contribution in [0.1, 0.15) is 24.0 Å². The lowest BCUT2D eigenvalue weighted by molar-refractivity contribution is -0.136. The molecule has 0 fully saturated rings. The Balaban J connectivity index is 2.43. The number of carbonyl (C=O) groups excluding carboxylic acids is 1. The predicted molar refractivity (Wildman–Crippen MR) is 78.4 cm³/mol. The number of rotatable bonds is 3. The Morgan fingerprint density at radius 3 is 2.45 bits per heavy atom. The maximum absolute atomic E-state index is 12.0. The molecule has 20 heavy (non-hydrogen) atoms. The van der Waals surface area contributed by atoms with Crippen molar-refractivity contribution in [2.24, 2.45) is 0 Å². The number of aryl methyl sites for hydroxylation is 2. The van der Waals surface area contributed by atoms with Gasteiger partial charge in [0.15, 0.2) is 0 Å². The molecule has 108 valence electrons. The molecular formula is C15H20N2O3. The smallest absolute Gasteiger partial charge is 0.305 e. The maximum Gasteiger partial charge on any atom is 0.305 e. The molecule has 0 radical (unpaired) electrons. The normalized spacial score (nSPS) is 15.1. The number of hydrogen-bond acceptors (Lipinski definition) is 3. The van der Waals surface area contributed by atoms with E-state index < -0.39 is 5.97 Å². The Kier molecular flexibility index (Phi) is 3.97. The van der Waals surface area contributed by atoms with Crippen molar-refractivity contribution < 1.29 is 14.7 Å². The molecular weight excluding hydrogens is 256 g/mol. The van der Waals surface area contributed by atoms with Crippen LogP contribution in [0.15, 0.2) is 12.1 Å². The molecule has 2 rings (SSSR count). The van der Waals surface area contributed by atoms with E-state index in [0.717, 1.165) is 22.5 Å². The standard InChI is InChI=1S/C15H20N2O3/c1-10-8-12-13(9-11(10)2)17(7-5-15(19)20)6-4-14(18)16(12)3/h8-9H,4-7H2,1-3H3,(H,19,20). The van der Waals surface area contributed by atoms with Gasteiger partial charge in [0.25, 0.3) is 0 Å². The minimum Gasteiger partial charge on any atom is -0.481 e. The third kappa shape index (κ3) is 2.76. The molecule has 1 amide bonds. The van der Waals surface area contributed by atoms with E-state index in [1.807, 2.05) is 30.9 Å². The lowest BCUT2D eigenvalue weighted by Gasteiger charge is -2.26. The zero-order valence-corrected chi connectivity index (χ0v) is 12.1. The molecule has 0 saturated carbocycles. The van der Waals surface area contributed by atoms with E-state index in [9.17, 15) is 9.59 Å². The van der Waals surface area contributed by atoms with Gasteiger partial charge < -0.3 is 14.9 Å². The monoisotopic (exact) mass is 276 g/mol. The molecule has 1 aromatic rings. The van der Waals surface area contributed by atoms with Gasteiger partial charge in [-0.3, -0.25) is 9.59 Å². The second-order valence-electron chi connectivity index (χ2n) is 5.26. The fraction of sp³-hybridized carbons (Fsp3) is 0.467. The number of carboxylic acids is 1. The van der Waals surface area contributed by atoms with Crippen LogP contribution < -0.4 is 9.80 Å². The highest BCUT2D eigenvalue weighted by molar-refractivity contribution is 5.98. The summed E-state index contributed by atoms with van der Waals surface area (Å²) in [6.45, 7) is 5.02. The largest absolute Gasteiger partial charge is 0.481 e. The van der Waals surface area contributed by atoms with Gasteiger partial charge in [0.1, 0.15) is 0 Å². The number of nitrogens with zero attached hydrogens (tertiary/aromatic N) is 2. The molecule has 0 aliphatic carbocycles. The molecule has 5 heteroatoms. The second kappa shape index (κ2) is 5.53. The first-order valence-corrected chi connectivity index (χ1v) is 6.74. The van der Waals surface area contributed by atoms with Crippen LogP contribution in [0.25, 0.3) is 0 Å². The molecule has 1 heterocycles. The quantitative estimate of drug-likeness (QED) is 0.916. The van der Waals surface area contributed by atoms with Gasteiger partial charge in [-0.2, -0.15) is 0 Å². The number of aliphatic carboxylic acids is 1. The second-order valence-corrected chi connectivity index (χ2v) is 5.26. The van der Waals surface area contributed by atoms with Gasteiger partial charge in [-0.15, -0.1) is 0 Å². The lowest BCUT2D eigenvalue weighted by Crippen LogP contribution is -2.27. The first kappa shape index (κ1) is 14.4. The Bertz CT molecular complexity index is 554. The minimum atomic E-state index is -0.820. The van der Waals surface area contributed by atoms with Crippen molar-refractivity contribution in [3.8, 4) is 0 Å². The van der Waals surface area contributed by atoms with Crippen LogP contribution >= 0.6 is 0 Å². The average Bonchev–Trinajstić information content (AvgIpc) is 2.49. The van der Waals surface area contributed by atoms with Gasteiger partial charge >= 0.3 is 5.97 Å². The number of carboxylic acid groups (broad SMARTS) is 1. The first-order valence-electron chi connectivity index (χ1n) is 6.74. The molecule has 0 atom stereocenters. The fourth-order valence-corrected chi connectivity index (χ4v) is 2.42. The fourth-order valence-electron chi connectivity index (χ4n) is 2.42. The topological polar surface area (TPSA) is 60.9 Å². The lowest BCUT2D eigenvalue weighted by atomic mass is 10.1. The van der Waals surface area contributed by atoms with Crippen molar-refractivity contribution >= 4 is 23.3 Å². The van der Waals surface area contributed by atoms with Crippen molar-refractivity contribution in [1.82, 2.24) is 0 Å². The average molecular weight is 276 g/mol. The van der Waals surface area contributed by atoms with Crippen LogP contribution in [0.4, 0.5) is 11.4 Å². The van der Waals surface area contributed by atoms with Crippen molar-refractivity contribution in [2.45, 2.75) is 26.7 Å². The van der Waals surface area contributed by atoms with Crippen molar-refractivity contribution in [2.75, 3.05) is 29.9 Å². The molecule has 0 bridgehead atoms. The number of hydrogen-bond donors (Lipinski definition) is 1. The molecule has 1 N–H and O–H groups in total. The summed E-state index contributed by atoms with van der Waals surface area (Å²) in [6.07, 6.45) is 0.479. The summed E-state index contributed by atoms with van der Waals surface area (Å²) in [5.74, 6) is -0.758. The molecule has 0 spiro atoms. The summed E-state index contributed by atoms with van der Waals surface area (Å²) in [5, 5.41) is 8.86. The van der Waals surface area contributed by atoms with Crippen molar-refractivity contribution in [3.05, 3.63) is 23.3 Å². The molecule has 1 aliphatic heterocycles. The maximum atomic E-state index is 12.0. The summed E-state index contributed by atoms with van der Waals surface area (Å²) in [6, 6.07) is 4.04. The highest BCUT2D eigenvalue weighted by atomic mass is 16.4. The molecule has 0 saturated heterocycles. The van der Waals surface area contributed by atoms with Gasteiger partial charge in [0.05, 0.1) is 17.8 Å². The Morgan fingerprint density at radius 2 is 1.85 bits per heavy atom. The number of amides is 1. The van der Waals surface area contributed by atoms with Crippen LogP contribution in [-0.2, 0) is 9.59 Å². The Hall–Kier alpha value is -2.04. The number of fused-ring (bicyclic) bond motifs is 1. The van der Waals surface area contributed by atoms with Crippen LogP contribution in [0, 0.1) is 13.8 Å². The van der Waals surface area contributed by atoms with E-state index >= 15 is 0 Å². The highest BCUT2D eigenvalue weighted by Crippen LogP contribution is 2.34. The zero-order valence-electron chi connectivity index (χ0n) is 12.1. The predicted octanol–water partition coefficient (Wildman–Crippen LogP) is 1.95. The summed E-state index contributed by atoms with van der Waals surface area (Å²) in [7, 11) is 1.77. The number of anilines is 2. The summed E-state index contributed by atoms with van der Waals surface area (Å²) in [4.78, 5) is 26.5. The van der Waals surface area contributed by atoms with Gasteiger partial charge in [-0.25, -0.2) is 0 Å². The highest BCUT2D eigenvalue weighted by Gasteiger charge is 2.24. The van der Waals surface area contributed by atoms with Crippen molar-refractivity contribution in [3.63, 3.8) is 0 Å². The zero-order chi connectivity index (χ0) is 14.9. The van der Waals surface area contributed by atoms with E-state index in [1.165, 1.54) is 0 Å². The van der Waals surface area contributed by atoms with Crippen molar-refractivity contribution in [1.29, 1.82) is 0 Å². The summed E-state index contributed by atoms with van der Waals surface area (Å²) < 4.78 is 0. The van der Waals surface area contributed by atoms with Gasteiger partial charge in [-0.1, -0.05) is 0 Å². The molecule has 1 aromatic carbocycles. The van der Waals surface area contributed by atoms with Crippen LogP contribution in [0.3, 0.4) is 0 Å². The molecule has 1 aliphatic rings. The minimum absolute atomic E-state index is 0.0623.